The molecule has 0 atom stereocenters. The maximum absolute atomic E-state index is 12.9. The molecule has 3 rings (SSSR count). The number of carbonyl (C=O) groups is 1. The maximum atomic E-state index is 12.9. The zero-order chi connectivity index (χ0) is 18.4. The highest BCUT2D eigenvalue weighted by Crippen LogP contribution is 2.20. The van der Waals surface area contributed by atoms with Gasteiger partial charge in [0.2, 0.25) is 5.95 Å². The van der Waals surface area contributed by atoms with Crippen LogP contribution in [0.15, 0.2) is 30.3 Å². The SMILES string of the molecule is Cc1cc(C(=O)NCCc2ccc(F)cc2)nc(NC2CCCCC2)n1. The Morgan fingerprint density at radius 2 is 1.88 bits per heavy atom. The summed E-state index contributed by atoms with van der Waals surface area (Å²) >= 11 is 0. The highest BCUT2D eigenvalue weighted by Gasteiger charge is 2.16. The van der Waals surface area contributed by atoms with E-state index in [0.717, 1.165) is 24.1 Å². The Kier molecular flexibility index (Phi) is 6.15. The molecule has 1 fully saturated rings. The number of nitrogens with one attached hydrogen (secondary N) is 2. The molecule has 1 aliphatic carbocycles. The third-order valence-corrected chi connectivity index (χ3v) is 4.64. The first-order valence-electron chi connectivity index (χ1n) is 9.25. The Balaban J connectivity index is 1.56. The Bertz CT molecular complexity index is 742. The predicted molar refractivity (Wildman–Crippen MR) is 99.7 cm³/mol. The summed E-state index contributed by atoms with van der Waals surface area (Å²) in [5, 5.41) is 6.24. The van der Waals surface area contributed by atoms with Crippen molar-refractivity contribution in [2.24, 2.45) is 0 Å². The number of rotatable bonds is 6. The maximum Gasteiger partial charge on any atom is 0.270 e. The fraction of sp³-hybridized carbons (Fsp3) is 0.450. The highest BCUT2D eigenvalue weighted by molar-refractivity contribution is 5.92. The number of aryl methyl sites for hydroxylation is 1. The van der Waals surface area contributed by atoms with Crippen molar-refractivity contribution in [3.8, 4) is 0 Å². The van der Waals surface area contributed by atoms with Crippen LogP contribution in [0.3, 0.4) is 0 Å². The third-order valence-electron chi connectivity index (χ3n) is 4.64. The van der Waals surface area contributed by atoms with Crippen LogP contribution < -0.4 is 10.6 Å². The molecule has 1 amide bonds. The van der Waals surface area contributed by atoms with Gasteiger partial charge in [-0.2, -0.15) is 0 Å². The van der Waals surface area contributed by atoms with Gasteiger partial charge in [-0.1, -0.05) is 31.4 Å². The van der Waals surface area contributed by atoms with Gasteiger partial charge in [-0.05, 0) is 49.9 Å². The zero-order valence-corrected chi connectivity index (χ0v) is 15.1. The van der Waals surface area contributed by atoms with Gasteiger partial charge in [0, 0.05) is 18.3 Å². The molecule has 1 aliphatic rings. The topological polar surface area (TPSA) is 66.9 Å². The van der Waals surface area contributed by atoms with Crippen LogP contribution in [-0.4, -0.2) is 28.5 Å². The molecule has 138 valence electrons. The van der Waals surface area contributed by atoms with E-state index in [1.165, 1.54) is 31.4 Å². The summed E-state index contributed by atoms with van der Waals surface area (Å²) in [6, 6.07) is 8.38. The van der Waals surface area contributed by atoms with Crippen LogP contribution in [0.4, 0.5) is 10.3 Å². The molecule has 0 radical (unpaired) electrons. The summed E-state index contributed by atoms with van der Waals surface area (Å²) in [5.41, 5.74) is 2.11. The molecular formula is C20H25FN4O. The summed E-state index contributed by atoms with van der Waals surface area (Å²) in [6.07, 6.45) is 6.62. The number of hydrogen-bond acceptors (Lipinski definition) is 4. The van der Waals surface area contributed by atoms with Crippen molar-refractivity contribution in [3.63, 3.8) is 0 Å². The summed E-state index contributed by atoms with van der Waals surface area (Å²) in [5.74, 6) is 0.0529. The minimum Gasteiger partial charge on any atom is -0.351 e. The molecule has 0 spiro atoms. The molecule has 0 bridgehead atoms. The minimum absolute atomic E-state index is 0.218. The first-order valence-corrected chi connectivity index (χ1v) is 9.25. The standard InChI is InChI=1S/C20H25FN4O/c1-14-13-18(25-20(23-14)24-17-5-3-2-4-6-17)19(26)22-12-11-15-7-9-16(21)10-8-15/h7-10,13,17H,2-6,11-12H2,1H3,(H,22,26)(H,23,24,25). The van der Waals surface area contributed by atoms with Gasteiger partial charge in [-0.3, -0.25) is 4.79 Å². The van der Waals surface area contributed by atoms with Crippen molar-refractivity contribution < 1.29 is 9.18 Å². The number of hydrogen-bond donors (Lipinski definition) is 2. The molecular weight excluding hydrogens is 331 g/mol. The number of aromatic nitrogens is 2. The van der Waals surface area contributed by atoms with Crippen molar-refractivity contribution in [2.75, 3.05) is 11.9 Å². The second-order valence-electron chi connectivity index (χ2n) is 6.83. The van der Waals surface area contributed by atoms with Gasteiger partial charge in [-0.25, -0.2) is 14.4 Å². The van der Waals surface area contributed by atoms with Gasteiger partial charge < -0.3 is 10.6 Å². The molecule has 1 aromatic heterocycles. The second-order valence-corrected chi connectivity index (χ2v) is 6.83. The molecule has 0 saturated heterocycles. The Morgan fingerprint density at radius 1 is 1.15 bits per heavy atom. The lowest BCUT2D eigenvalue weighted by Crippen LogP contribution is -2.28. The van der Waals surface area contributed by atoms with E-state index in [0.29, 0.717) is 30.6 Å². The van der Waals surface area contributed by atoms with E-state index in [1.807, 2.05) is 6.92 Å². The first kappa shape index (κ1) is 18.3. The summed E-state index contributed by atoms with van der Waals surface area (Å²) < 4.78 is 12.9. The normalized spacial score (nSPS) is 14.8. The number of nitrogens with zero attached hydrogens (tertiary/aromatic N) is 2. The Labute approximate surface area is 153 Å². The van der Waals surface area contributed by atoms with E-state index in [1.54, 1.807) is 18.2 Å². The predicted octanol–water partition coefficient (Wildman–Crippen LogP) is 3.64. The van der Waals surface area contributed by atoms with Crippen molar-refractivity contribution >= 4 is 11.9 Å². The highest BCUT2D eigenvalue weighted by atomic mass is 19.1. The molecule has 5 nitrogen and oxygen atoms in total. The number of anilines is 1. The molecule has 1 aromatic carbocycles. The molecule has 1 saturated carbocycles. The summed E-state index contributed by atoms with van der Waals surface area (Å²) in [4.78, 5) is 21.2. The number of halogens is 1. The lowest BCUT2D eigenvalue weighted by atomic mass is 9.96. The second kappa shape index (κ2) is 8.74. The summed E-state index contributed by atoms with van der Waals surface area (Å²) in [6.45, 7) is 2.34. The van der Waals surface area contributed by atoms with Gasteiger partial charge in [0.15, 0.2) is 0 Å². The monoisotopic (exact) mass is 356 g/mol. The van der Waals surface area contributed by atoms with Crippen molar-refractivity contribution in [3.05, 3.63) is 53.1 Å². The van der Waals surface area contributed by atoms with E-state index >= 15 is 0 Å². The lowest BCUT2D eigenvalue weighted by molar-refractivity contribution is 0.0949. The quantitative estimate of drug-likeness (QED) is 0.829. The molecule has 6 heteroatoms. The van der Waals surface area contributed by atoms with Gasteiger partial charge >= 0.3 is 0 Å². The smallest absolute Gasteiger partial charge is 0.270 e. The Hall–Kier alpha value is -2.50. The number of benzene rings is 1. The van der Waals surface area contributed by atoms with Gasteiger partial charge in [0.25, 0.3) is 5.91 Å². The van der Waals surface area contributed by atoms with E-state index in [9.17, 15) is 9.18 Å². The van der Waals surface area contributed by atoms with E-state index in [4.69, 9.17) is 0 Å². The largest absolute Gasteiger partial charge is 0.351 e. The molecule has 2 aromatic rings. The van der Waals surface area contributed by atoms with E-state index in [-0.39, 0.29) is 11.7 Å². The van der Waals surface area contributed by atoms with Crippen LogP contribution in [0.1, 0.15) is 53.8 Å². The molecule has 0 unspecified atom stereocenters. The van der Waals surface area contributed by atoms with Crippen LogP contribution in [-0.2, 0) is 6.42 Å². The van der Waals surface area contributed by atoms with Crippen LogP contribution >= 0.6 is 0 Å². The average Bonchev–Trinajstić information content (AvgIpc) is 2.63. The Morgan fingerprint density at radius 3 is 2.62 bits per heavy atom. The minimum atomic E-state index is -0.257. The average molecular weight is 356 g/mol. The van der Waals surface area contributed by atoms with E-state index in [2.05, 4.69) is 20.6 Å². The van der Waals surface area contributed by atoms with Gasteiger partial charge in [-0.15, -0.1) is 0 Å². The fourth-order valence-corrected chi connectivity index (χ4v) is 3.24. The fourth-order valence-electron chi connectivity index (χ4n) is 3.24. The van der Waals surface area contributed by atoms with E-state index < -0.39 is 0 Å². The van der Waals surface area contributed by atoms with Crippen molar-refractivity contribution in [1.82, 2.24) is 15.3 Å². The molecule has 0 aliphatic heterocycles. The van der Waals surface area contributed by atoms with Crippen molar-refractivity contribution in [2.45, 2.75) is 51.5 Å². The first-order chi connectivity index (χ1) is 12.6. The van der Waals surface area contributed by atoms with Crippen LogP contribution in [0.25, 0.3) is 0 Å². The molecule has 1 heterocycles. The summed E-state index contributed by atoms with van der Waals surface area (Å²) in [7, 11) is 0. The number of amides is 1. The van der Waals surface area contributed by atoms with Crippen molar-refractivity contribution in [1.29, 1.82) is 0 Å². The van der Waals surface area contributed by atoms with Crippen LogP contribution in [0, 0.1) is 12.7 Å². The van der Waals surface area contributed by atoms with Gasteiger partial charge in [0.05, 0.1) is 0 Å². The number of carbonyl (C=O) groups excluding carboxylic acids is 1. The van der Waals surface area contributed by atoms with Crippen LogP contribution in [0.2, 0.25) is 0 Å². The molecule has 2 N–H and O–H groups in total. The van der Waals surface area contributed by atoms with Gasteiger partial charge in [0.1, 0.15) is 11.5 Å². The third kappa shape index (κ3) is 5.25. The van der Waals surface area contributed by atoms with Crippen LogP contribution in [0.5, 0.6) is 0 Å². The zero-order valence-electron chi connectivity index (χ0n) is 15.1. The lowest BCUT2D eigenvalue weighted by Gasteiger charge is -2.23. The molecule has 26 heavy (non-hydrogen) atoms.